The minimum absolute atomic E-state index is 0.0625. The molecule has 4 rings (SSSR count). The van der Waals surface area contributed by atoms with Crippen LogP contribution in [0.5, 0.6) is 0 Å². The van der Waals surface area contributed by atoms with Gasteiger partial charge in [-0.1, -0.05) is 63.3 Å². The van der Waals surface area contributed by atoms with E-state index in [1.54, 1.807) is 24.3 Å². The summed E-state index contributed by atoms with van der Waals surface area (Å²) in [6, 6.07) is 15.7. The number of rotatable bonds is 5. The van der Waals surface area contributed by atoms with E-state index in [-0.39, 0.29) is 32.8 Å². The van der Waals surface area contributed by atoms with Crippen molar-refractivity contribution in [3.8, 4) is 5.69 Å². The molecule has 0 saturated heterocycles. The summed E-state index contributed by atoms with van der Waals surface area (Å²) in [5.41, 5.74) is -9.54. The van der Waals surface area contributed by atoms with Gasteiger partial charge in [0.2, 0.25) is 0 Å². The summed E-state index contributed by atoms with van der Waals surface area (Å²) in [7, 11) is 0.730. The molecule has 4 nitrogen and oxygen atoms in total. The molecule has 1 aromatic heterocycles. The van der Waals surface area contributed by atoms with E-state index in [1.165, 1.54) is 4.57 Å². The average Bonchev–Trinajstić information content (AvgIpc) is 2.80. The zero-order valence-corrected chi connectivity index (χ0v) is 21.5. The molecule has 2 unspecified atom stereocenters. The zero-order valence-electron chi connectivity index (χ0n) is 18.0. The number of aromatic nitrogens is 2. The molecule has 1 N–H and O–H groups in total. The summed E-state index contributed by atoms with van der Waals surface area (Å²) in [5.74, 6) is 0.253. The van der Waals surface area contributed by atoms with Gasteiger partial charge >= 0.3 is 6.18 Å². The van der Waals surface area contributed by atoms with Gasteiger partial charge in [-0.25, -0.2) is 4.98 Å². The molecule has 0 aliphatic carbocycles. The maximum atomic E-state index is 13.9. The second-order valence-corrected chi connectivity index (χ2v) is 9.89. The SMILES string of the molecule is O=c1c2c(Br)c(Cl)ccc2nc(Cc2ccccc2)n1-c1ccc(C(O)(C(F)(F)F)C(F)(F)P)cc1. The van der Waals surface area contributed by atoms with Crippen LogP contribution in [-0.2, 0) is 12.0 Å². The summed E-state index contributed by atoms with van der Waals surface area (Å²) in [4.78, 5) is 18.2. The fraction of sp³-hybridized carbons (Fsp3) is 0.167. The molecule has 4 aromatic rings. The third-order valence-electron chi connectivity index (χ3n) is 5.64. The van der Waals surface area contributed by atoms with E-state index in [0.29, 0.717) is 17.6 Å². The average molecular weight is 606 g/mol. The quantitative estimate of drug-likeness (QED) is 0.206. The highest BCUT2D eigenvalue weighted by molar-refractivity contribution is 9.10. The monoisotopic (exact) mass is 604 g/mol. The van der Waals surface area contributed by atoms with Crippen LogP contribution in [0.1, 0.15) is 17.0 Å². The number of nitrogens with zero attached hydrogens (tertiary/aromatic N) is 2. The number of benzene rings is 3. The van der Waals surface area contributed by atoms with Crippen molar-refractivity contribution in [1.29, 1.82) is 0 Å². The third kappa shape index (κ3) is 4.56. The van der Waals surface area contributed by atoms with Crippen LogP contribution in [0.3, 0.4) is 0 Å². The van der Waals surface area contributed by atoms with Crippen molar-refractivity contribution >= 4 is 47.7 Å². The van der Waals surface area contributed by atoms with Gasteiger partial charge in [-0.05, 0) is 51.3 Å². The number of fused-ring (bicyclic) bond motifs is 1. The molecule has 0 amide bonds. The molecule has 0 aliphatic heterocycles. The van der Waals surface area contributed by atoms with E-state index >= 15 is 0 Å². The number of hydrogen-bond acceptors (Lipinski definition) is 3. The second-order valence-electron chi connectivity index (χ2n) is 7.96. The number of hydrogen-bond donors (Lipinski definition) is 1. The van der Waals surface area contributed by atoms with Crippen LogP contribution in [0.2, 0.25) is 5.02 Å². The maximum absolute atomic E-state index is 13.9. The van der Waals surface area contributed by atoms with Crippen LogP contribution < -0.4 is 5.56 Å². The Hall–Kier alpha value is -2.39. The van der Waals surface area contributed by atoms with Crippen molar-refractivity contribution in [1.82, 2.24) is 9.55 Å². The molecule has 1 heterocycles. The molecule has 36 heavy (non-hydrogen) atoms. The van der Waals surface area contributed by atoms with E-state index in [1.807, 2.05) is 18.2 Å². The molecule has 0 radical (unpaired) electrons. The van der Waals surface area contributed by atoms with Crippen molar-refractivity contribution in [3.05, 3.63) is 104 Å². The van der Waals surface area contributed by atoms with Gasteiger partial charge < -0.3 is 5.11 Å². The van der Waals surface area contributed by atoms with Crippen LogP contribution in [0.25, 0.3) is 16.6 Å². The Morgan fingerprint density at radius 1 is 0.972 bits per heavy atom. The number of halogens is 7. The first kappa shape index (κ1) is 26.7. The summed E-state index contributed by atoms with van der Waals surface area (Å²) in [6.45, 7) is 0. The minimum Gasteiger partial charge on any atom is -0.371 e. The lowest BCUT2D eigenvalue weighted by Gasteiger charge is -2.35. The van der Waals surface area contributed by atoms with E-state index in [9.17, 15) is 31.9 Å². The normalized spacial score (nSPS) is 14.1. The topological polar surface area (TPSA) is 55.1 Å². The van der Waals surface area contributed by atoms with E-state index in [2.05, 4.69) is 20.9 Å². The van der Waals surface area contributed by atoms with Crippen LogP contribution >= 0.6 is 36.8 Å². The molecule has 0 fully saturated rings. The minimum atomic E-state index is -5.68. The van der Waals surface area contributed by atoms with Crippen molar-refractivity contribution < 1.29 is 27.1 Å². The molecule has 0 saturated carbocycles. The summed E-state index contributed by atoms with van der Waals surface area (Å²) >= 11 is 9.44. The molecule has 12 heteroatoms. The van der Waals surface area contributed by atoms with Crippen molar-refractivity contribution in [3.63, 3.8) is 0 Å². The number of aliphatic hydroxyl groups is 1. The summed E-state index contributed by atoms with van der Waals surface area (Å²) in [6.07, 6.45) is -5.49. The van der Waals surface area contributed by atoms with Crippen LogP contribution in [-0.4, -0.2) is 26.5 Å². The Morgan fingerprint density at radius 3 is 2.14 bits per heavy atom. The summed E-state index contributed by atoms with van der Waals surface area (Å²) in [5, 5.41) is 10.4. The molecule has 2 atom stereocenters. The first-order valence-electron chi connectivity index (χ1n) is 10.3. The maximum Gasteiger partial charge on any atom is 0.427 e. The Labute approximate surface area is 217 Å². The molecule has 3 aromatic carbocycles. The zero-order chi connectivity index (χ0) is 26.5. The van der Waals surface area contributed by atoms with Gasteiger partial charge in [-0.15, -0.1) is 0 Å². The Kier molecular flexibility index (Phi) is 7.03. The molecule has 0 aliphatic rings. The third-order valence-corrected chi connectivity index (χ3v) is 7.42. The van der Waals surface area contributed by atoms with Gasteiger partial charge in [-0.2, -0.15) is 22.0 Å². The molecule has 0 bridgehead atoms. The van der Waals surface area contributed by atoms with Gasteiger partial charge in [0.15, 0.2) is 0 Å². The number of alkyl halides is 5. The van der Waals surface area contributed by atoms with E-state index in [4.69, 9.17) is 11.6 Å². The first-order valence-corrected chi connectivity index (χ1v) is 12.0. The highest BCUT2D eigenvalue weighted by atomic mass is 79.9. The van der Waals surface area contributed by atoms with E-state index < -0.39 is 28.6 Å². The van der Waals surface area contributed by atoms with Gasteiger partial charge in [0, 0.05) is 6.42 Å². The van der Waals surface area contributed by atoms with Crippen LogP contribution in [0.4, 0.5) is 22.0 Å². The predicted octanol–water partition coefficient (Wildman–Crippen LogP) is 6.61. The fourth-order valence-corrected chi connectivity index (χ4v) is 4.81. The van der Waals surface area contributed by atoms with Crippen molar-refractivity contribution in [2.75, 3.05) is 0 Å². The lowest BCUT2D eigenvalue weighted by Crippen LogP contribution is -2.53. The van der Waals surface area contributed by atoms with Gasteiger partial charge in [-0.3, -0.25) is 9.36 Å². The molecular weight excluding hydrogens is 590 g/mol. The Bertz CT molecular complexity index is 1480. The van der Waals surface area contributed by atoms with Gasteiger partial charge in [0.05, 0.1) is 26.1 Å². The largest absolute Gasteiger partial charge is 0.427 e. The highest BCUT2D eigenvalue weighted by Gasteiger charge is 2.67. The second kappa shape index (κ2) is 9.49. The summed E-state index contributed by atoms with van der Waals surface area (Å²) < 4.78 is 69.8. The molecular formula is C24H16BrClF5N2O2P. The fourth-order valence-electron chi connectivity index (χ4n) is 3.82. The molecule has 0 spiro atoms. The highest BCUT2D eigenvalue weighted by Crippen LogP contribution is 2.52. The molecule has 188 valence electrons. The van der Waals surface area contributed by atoms with E-state index in [0.717, 1.165) is 26.9 Å². The van der Waals surface area contributed by atoms with Crippen molar-refractivity contribution in [2.45, 2.75) is 23.9 Å². The lowest BCUT2D eigenvalue weighted by atomic mass is 9.93. The Balaban J connectivity index is 1.95. The smallest absolute Gasteiger partial charge is 0.371 e. The van der Waals surface area contributed by atoms with Crippen molar-refractivity contribution in [2.24, 2.45) is 0 Å². The van der Waals surface area contributed by atoms with Gasteiger partial charge in [0.1, 0.15) is 5.82 Å². The van der Waals surface area contributed by atoms with Crippen LogP contribution in [0.15, 0.2) is 76.0 Å². The van der Waals surface area contributed by atoms with Gasteiger partial charge in [0.25, 0.3) is 16.8 Å². The first-order chi connectivity index (χ1) is 16.8. The standard InChI is InChI=1S/C24H16BrClF5N2O2P/c25-20-16(26)10-11-17-19(20)21(34)33(18(32-17)12-13-4-2-1-3-5-13)15-8-6-14(7-9-15)22(35,23(27,28)29)24(30,31)36/h1-11,35H,12,36H2. The Morgan fingerprint density at radius 2 is 1.58 bits per heavy atom. The predicted molar refractivity (Wildman–Crippen MR) is 134 cm³/mol. The lowest BCUT2D eigenvalue weighted by molar-refractivity contribution is -0.315. The van der Waals surface area contributed by atoms with Crippen LogP contribution in [0, 0.1) is 0 Å².